The zero-order valence-corrected chi connectivity index (χ0v) is 13.0. The van der Waals surface area contributed by atoms with Crippen molar-refractivity contribution in [2.45, 2.75) is 32.7 Å². The molecule has 0 fully saturated rings. The van der Waals surface area contributed by atoms with Crippen LogP contribution in [0.15, 0.2) is 17.5 Å². The van der Waals surface area contributed by atoms with Gasteiger partial charge in [-0.15, -0.1) is 11.3 Å². The molecule has 0 aliphatic carbocycles. The number of amides is 2. The average Bonchev–Trinajstić information content (AvgIpc) is 2.93. The van der Waals surface area contributed by atoms with Gasteiger partial charge in [0.05, 0.1) is 0 Å². The number of rotatable bonds is 7. The van der Waals surface area contributed by atoms with E-state index in [0.29, 0.717) is 6.54 Å². The van der Waals surface area contributed by atoms with Gasteiger partial charge in [0.25, 0.3) is 0 Å². The lowest BCUT2D eigenvalue weighted by Gasteiger charge is -2.31. The van der Waals surface area contributed by atoms with Gasteiger partial charge in [0.2, 0.25) is 0 Å². The van der Waals surface area contributed by atoms with Gasteiger partial charge >= 0.3 is 12.0 Å². The van der Waals surface area contributed by atoms with Gasteiger partial charge < -0.3 is 14.9 Å². The second kappa shape index (κ2) is 7.89. The molecule has 0 saturated heterocycles. The average molecular weight is 298 g/mol. The van der Waals surface area contributed by atoms with Gasteiger partial charge in [-0.05, 0) is 31.2 Å². The Kier molecular flexibility index (Phi) is 6.51. The molecule has 1 rings (SSSR count). The number of hydrogen-bond acceptors (Lipinski definition) is 3. The Balaban J connectivity index is 2.60. The summed E-state index contributed by atoms with van der Waals surface area (Å²) in [5.74, 6) is -0.981. The zero-order chi connectivity index (χ0) is 15.1. The van der Waals surface area contributed by atoms with E-state index in [0.717, 1.165) is 12.8 Å². The van der Waals surface area contributed by atoms with Crippen LogP contribution in [0.4, 0.5) is 4.79 Å². The molecule has 6 heteroatoms. The molecule has 1 aromatic rings. The highest BCUT2D eigenvalue weighted by molar-refractivity contribution is 7.09. The van der Waals surface area contributed by atoms with Crippen LogP contribution in [0.2, 0.25) is 0 Å². The first-order chi connectivity index (χ1) is 9.45. The van der Waals surface area contributed by atoms with Crippen molar-refractivity contribution in [1.29, 1.82) is 0 Å². The zero-order valence-electron chi connectivity index (χ0n) is 12.2. The van der Waals surface area contributed by atoms with Crippen LogP contribution in [0, 0.1) is 0 Å². The minimum Gasteiger partial charge on any atom is -0.480 e. The highest BCUT2D eigenvalue weighted by Gasteiger charge is 2.24. The summed E-state index contributed by atoms with van der Waals surface area (Å²) in [6, 6.07) is 3.71. The Bertz CT molecular complexity index is 434. The lowest BCUT2D eigenvalue weighted by atomic mass is 10.2. The van der Waals surface area contributed by atoms with Gasteiger partial charge in [0, 0.05) is 24.5 Å². The van der Waals surface area contributed by atoms with Gasteiger partial charge in [0.1, 0.15) is 6.54 Å². The molecule has 1 heterocycles. The summed E-state index contributed by atoms with van der Waals surface area (Å²) in [5, 5.41) is 10.9. The molecule has 0 saturated carbocycles. The van der Waals surface area contributed by atoms with Crippen LogP contribution in [-0.4, -0.2) is 53.1 Å². The number of carbonyl (C=O) groups is 2. The number of carboxylic acid groups (broad SMARTS) is 1. The summed E-state index contributed by atoms with van der Waals surface area (Å²) in [5.41, 5.74) is 0. The van der Waals surface area contributed by atoms with Crippen LogP contribution >= 0.6 is 11.3 Å². The Morgan fingerprint density at radius 3 is 2.65 bits per heavy atom. The number of aliphatic carboxylic acids is 1. The van der Waals surface area contributed by atoms with E-state index >= 15 is 0 Å². The summed E-state index contributed by atoms with van der Waals surface area (Å²) in [7, 11) is 1.72. The second-order valence-corrected chi connectivity index (χ2v) is 5.84. The van der Waals surface area contributed by atoms with Gasteiger partial charge in [-0.3, -0.25) is 4.79 Å². The quantitative estimate of drug-likeness (QED) is 0.841. The molecule has 1 aromatic heterocycles. The summed E-state index contributed by atoms with van der Waals surface area (Å²) in [4.78, 5) is 27.4. The fraction of sp³-hybridized carbons (Fsp3) is 0.571. The maximum absolute atomic E-state index is 12.3. The van der Waals surface area contributed by atoms with Gasteiger partial charge in [0.15, 0.2) is 0 Å². The van der Waals surface area contributed by atoms with Crippen molar-refractivity contribution >= 4 is 23.3 Å². The number of likely N-dealkylation sites (N-methyl/N-ethyl adjacent to an activating group) is 1. The Morgan fingerprint density at radius 2 is 2.15 bits per heavy atom. The van der Waals surface area contributed by atoms with Gasteiger partial charge in [-0.1, -0.05) is 13.0 Å². The van der Waals surface area contributed by atoms with Crippen LogP contribution < -0.4 is 0 Å². The third kappa shape index (κ3) is 4.85. The maximum Gasteiger partial charge on any atom is 0.323 e. The van der Waals surface area contributed by atoms with E-state index in [9.17, 15) is 9.59 Å². The topological polar surface area (TPSA) is 60.9 Å². The van der Waals surface area contributed by atoms with Gasteiger partial charge in [-0.25, -0.2) is 4.79 Å². The van der Waals surface area contributed by atoms with E-state index in [2.05, 4.69) is 0 Å². The van der Waals surface area contributed by atoms with Crippen molar-refractivity contribution in [3.8, 4) is 0 Å². The summed E-state index contributed by atoms with van der Waals surface area (Å²) in [6.07, 6.45) is 1.53. The number of urea groups is 1. The van der Waals surface area contributed by atoms with E-state index in [1.54, 1.807) is 23.3 Å². The fourth-order valence-electron chi connectivity index (χ4n) is 1.83. The monoisotopic (exact) mass is 298 g/mol. The number of hydrogen-bond donors (Lipinski definition) is 1. The van der Waals surface area contributed by atoms with E-state index < -0.39 is 5.97 Å². The van der Waals surface area contributed by atoms with Crippen LogP contribution in [0.1, 0.15) is 25.1 Å². The molecule has 0 spiro atoms. The minimum absolute atomic E-state index is 0.0808. The van der Waals surface area contributed by atoms with Crippen molar-refractivity contribution < 1.29 is 14.7 Å². The molecule has 0 aromatic carbocycles. The molecule has 1 N–H and O–H groups in total. The van der Waals surface area contributed by atoms with Crippen LogP contribution in [-0.2, 0) is 11.2 Å². The molecule has 0 radical (unpaired) electrons. The molecule has 0 aliphatic rings. The highest BCUT2D eigenvalue weighted by atomic mass is 32.1. The maximum atomic E-state index is 12.3. The van der Waals surface area contributed by atoms with Crippen molar-refractivity contribution in [3.63, 3.8) is 0 Å². The first-order valence-corrected chi connectivity index (χ1v) is 7.59. The molecule has 0 bridgehead atoms. The lowest BCUT2D eigenvalue weighted by molar-refractivity contribution is -0.138. The molecule has 0 aliphatic heterocycles. The van der Waals surface area contributed by atoms with Crippen LogP contribution in [0.25, 0.3) is 0 Å². The predicted octanol–water partition coefficient (Wildman–Crippen LogP) is 2.53. The minimum atomic E-state index is -0.981. The van der Waals surface area contributed by atoms with E-state index in [-0.39, 0.29) is 18.6 Å². The predicted molar refractivity (Wildman–Crippen MR) is 80.1 cm³/mol. The number of thiophene rings is 1. The number of carbonyl (C=O) groups excluding carboxylic acids is 1. The normalized spacial score (nSPS) is 11.9. The SMILES string of the molecule is CCC(C)N(CC(=O)O)C(=O)N(C)CCc1cccs1. The standard InChI is InChI=1S/C14H22N2O3S/c1-4-11(2)16(10-13(17)18)14(19)15(3)8-7-12-6-5-9-20-12/h5-6,9,11H,4,7-8,10H2,1-3H3,(H,17,18). The lowest BCUT2D eigenvalue weighted by Crippen LogP contribution is -2.48. The molecule has 5 nitrogen and oxygen atoms in total. The van der Waals surface area contributed by atoms with Crippen LogP contribution in [0.3, 0.4) is 0 Å². The molecule has 1 unspecified atom stereocenters. The number of carboxylic acids is 1. The molecule has 2 amide bonds. The number of nitrogens with zero attached hydrogens (tertiary/aromatic N) is 2. The Hall–Kier alpha value is -1.56. The first kappa shape index (κ1) is 16.5. The largest absolute Gasteiger partial charge is 0.480 e. The molecule has 20 heavy (non-hydrogen) atoms. The summed E-state index contributed by atoms with van der Waals surface area (Å²) >= 11 is 1.66. The van der Waals surface area contributed by atoms with Gasteiger partial charge in [-0.2, -0.15) is 0 Å². The summed E-state index contributed by atoms with van der Waals surface area (Å²) < 4.78 is 0. The van der Waals surface area contributed by atoms with E-state index in [1.165, 1.54) is 9.78 Å². The second-order valence-electron chi connectivity index (χ2n) is 4.81. The molecule has 1 atom stereocenters. The molecular formula is C14H22N2O3S. The van der Waals surface area contributed by atoms with Crippen LogP contribution in [0.5, 0.6) is 0 Å². The third-order valence-corrected chi connectivity index (χ3v) is 4.21. The fourth-order valence-corrected chi connectivity index (χ4v) is 2.52. The summed E-state index contributed by atoms with van der Waals surface area (Å²) in [6.45, 7) is 4.15. The molecule has 112 valence electrons. The smallest absolute Gasteiger partial charge is 0.323 e. The van der Waals surface area contributed by atoms with E-state index in [1.807, 2.05) is 31.4 Å². The third-order valence-electron chi connectivity index (χ3n) is 3.27. The first-order valence-electron chi connectivity index (χ1n) is 6.71. The van der Waals surface area contributed by atoms with E-state index in [4.69, 9.17) is 5.11 Å². The van der Waals surface area contributed by atoms with Crippen molar-refractivity contribution in [2.75, 3.05) is 20.1 Å². The van der Waals surface area contributed by atoms with Crippen molar-refractivity contribution in [2.24, 2.45) is 0 Å². The Labute approximate surface area is 123 Å². The van der Waals surface area contributed by atoms with Crippen molar-refractivity contribution in [1.82, 2.24) is 9.80 Å². The molecular weight excluding hydrogens is 276 g/mol. The Morgan fingerprint density at radius 1 is 1.45 bits per heavy atom. The highest BCUT2D eigenvalue weighted by Crippen LogP contribution is 2.11. The van der Waals surface area contributed by atoms with Crippen molar-refractivity contribution in [3.05, 3.63) is 22.4 Å².